The molecule has 1 aliphatic rings. The summed E-state index contributed by atoms with van der Waals surface area (Å²) in [7, 11) is 1.63. The first kappa shape index (κ1) is 16.5. The maximum Gasteiger partial charge on any atom is 0.335 e. The van der Waals surface area contributed by atoms with Crippen molar-refractivity contribution in [2.24, 2.45) is 5.92 Å². The fourth-order valence-corrected chi connectivity index (χ4v) is 3.26. The molecule has 1 aliphatic heterocycles. The number of carbonyl (C=O) groups is 1. The van der Waals surface area contributed by atoms with Crippen LogP contribution in [0.5, 0.6) is 5.88 Å². The molecular formula is C19H22N2O3. The highest BCUT2D eigenvalue weighted by Crippen LogP contribution is 2.23. The van der Waals surface area contributed by atoms with E-state index in [2.05, 4.69) is 9.88 Å². The highest BCUT2D eigenvalue weighted by molar-refractivity contribution is 5.87. The molecule has 1 unspecified atom stereocenters. The van der Waals surface area contributed by atoms with E-state index in [0.29, 0.717) is 17.4 Å². The summed E-state index contributed by atoms with van der Waals surface area (Å²) in [5.74, 6) is 0.396. The van der Waals surface area contributed by atoms with E-state index < -0.39 is 5.97 Å². The van der Waals surface area contributed by atoms with Gasteiger partial charge in [0, 0.05) is 25.4 Å². The van der Waals surface area contributed by atoms with Gasteiger partial charge in [0.25, 0.3) is 0 Å². The largest absolute Gasteiger partial charge is 0.481 e. The Balaban J connectivity index is 1.54. The summed E-state index contributed by atoms with van der Waals surface area (Å²) in [6, 6.07) is 11.2. The molecule has 126 valence electrons. The number of ether oxygens (including phenoxy) is 1. The minimum Gasteiger partial charge on any atom is -0.481 e. The molecule has 3 rings (SSSR count). The van der Waals surface area contributed by atoms with Crippen LogP contribution in [0, 0.1) is 5.92 Å². The lowest BCUT2D eigenvalue weighted by Crippen LogP contribution is -2.20. The monoisotopic (exact) mass is 326 g/mol. The molecule has 1 aromatic carbocycles. The predicted octanol–water partition coefficient (Wildman–Crippen LogP) is 2.85. The Kier molecular flexibility index (Phi) is 5.11. The standard InChI is InChI=1S/C19H22N2O3/c1-24-18-11-15(6-8-20-18)12-21-9-7-16(13-21)10-14-2-4-17(5-3-14)19(22)23/h2-6,8,11,16H,7,9-10,12-13H2,1H3,(H,22,23). The van der Waals surface area contributed by atoms with Gasteiger partial charge in [-0.15, -0.1) is 0 Å². The molecular weight excluding hydrogens is 304 g/mol. The second-order valence-corrected chi connectivity index (χ2v) is 6.30. The third-order valence-corrected chi connectivity index (χ3v) is 4.51. The predicted molar refractivity (Wildman–Crippen MR) is 91.3 cm³/mol. The highest BCUT2D eigenvalue weighted by Gasteiger charge is 2.22. The van der Waals surface area contributed by atoms with E-state index in [1.807, 2.05) is 24.3 Å². The van der Waals surface area contributed by atoms with Gasteiger partial charge in [-0.25, -0.2) is 9.78 Å². The van der Waals surface area contributed by atoms with Crippen LogP contribution in [0.25, 0.3) is 0 Å². The van der Waals surface area contributed by atoms with Crippen LogP contribution in [-0.2, 0) is 13.0 Å². The zero-order valence-electron chi connectivity index (χ0n) is 13.8. The molecule has 1 saturated heterocycles. The smallest absolute Gasteiger partial charge is 0.335 e. The minimum atomic E-state index is -0.874. The van der Waals surface area contributed by atoms with Gasteiger partial charge >= 0.3 is 5.97 Å². The van der Waals surface area contributed by atoms with Gasteiger partial charge in [0.1, 0.15) is 0 Å². The number of hydrogen-bond acceptors (Lipinski definition) is 4. The first-order chi connectivity index (χ1) is 11.6. The van der Waals surface area contributed by atoms with Gasteiger partial charge in [-0.2, -0.15) is 0 Å². The summed E-state index contributed by atoms with van der Waals surface area (Å²) in [6.45, 7) is 3.06. The quantitative estimate of drug-likeness (QED) is 0.884. The number of benzene rings is 1. The number of hydrogen-bond donors (Lipinski definition) is 1. The Hall–Kier alpha value is -2.40. The first-order valence-corrected chi connectivity index (χ1v) is 8.17. The lowest BCUT2D eigenvalue weighted by atomic mass is 9.98. The van der Waals surface area contributed by atoms with Crippen LogP contribution in [0.1, 0.15) is 27.9 Å². The molecule has 2 heterocycles. The number of methoxy groups -OCH3 is 1. The van der Waals surface area contributed by atoms with Gasteiger partial charge in [0.05, 0.1) is 12.7 Å². The number of pyridine rings is 1. The van der Waals surface area contributed by atoms with Crippen LogP contribution in [0.3, 0.4) is 0 Å². The molecule has 24 heavy (non-hydrogen) atoms. The fraction of sp³-hybridized carbons (Fsp3) is 0.368. The zero-order valence-corrected chi connectivity index (χ0v) is 13.8. The van der Waals surface area contributed by atoms with Crippen LogP contribution < -0.4 is 4.74 Å². The second kappa shape index (κ2) is 7.45. The third-order valence-electron chi connectivity index (χ3n) is 4.51. The molecule has 1 aromatic heterocycles. The van der Waals surface area contributed by atoms with Crippen molar-refractivity contribution in [2.45, 2.75) is 19.4 Å². The summed E-state index contributed by atoms with van der Waals surface area (Å²) in [4.78, 5) is 17.5. The number of carboxylic acids is 1. The van der Waals surface area contributed by atoms with Crippen LogP contribution >= 0.6 is 0 Å². The number of carboxylic acid groups (broad SMARTS) is 1. The van der Waals surface area contributed by atoms with E-state index in [-0.39, 0.29) is 0 Å². The van der Waals surface area contributed by atoms with Gasteiger partial charge in [-0.1, -0.05) is 12.1 Å². The molecule has 5 nitrogen and oxygen atoms in total. The van der Waals surface area contributed by atoms with Gasteiger partial charge < -0.3 is 9.84 Å². The van der Waals surface area contributed by atoms with Crippen molar-refractivity contribution in [3.05, 3.63) is 59.3 Å². The van der Waals surface area contributed by atoms with Gasteiger partial charge in [-0.05, 0) is 54.6 Å². The summed E-state index contributed by atoms with van der Waals surface area (Å²) in [5.41, 5.74) is 2.77. The van der Waals surface area contributed by atoms with Crippen molar-refractivity contribution >= 4 is 5.97 Å². The molecule has 0 spiro atoms. The van der Waals surface area contributed by atoms with Crippen LogP contribution in [0.15, 0.2) is 42.6 Å². The van der Waals surface area contributed by atoms with Crippen molar-refractivity contribution in [3.63, 3.8) is 0 Å². The van der Waals surface area contributed by atoms with Crippen molar-refractivity contribution < 1.29 is 14.6 Å². The number of aromatic nitrogens is 1. The van der Waals surface area contributed by atoms with Crippen LogP contribution in [-0.4, -0.2) is 41.2 Å². The zero-order chi connectivity index (χ0) is 16.9. The summed E-state index contributed by atoms with van der Waals surface area (Å²) >= 11 is 0. The van der Waals surface area contributed by atoms with Crippen molar-refractivity contribution in [1.82, 2.24) is 9.88 Å². The van der Waals surface area contributed by atoms with E-state index >= 15 is 0 Å². The molecule has 5 heteroatoms. The Morgan fingerprint density at radius 2 is 2.08 bits per heavy atom. The first-order valence-electron chi connectivity index (χ1n) is 8.17. The average molecular weight is 326 g/mol. The van der Waals surface area contributed by atoms with Crippen molar-refractivity contribution in [3.8, 4) is 5.88 Å². The Labute approximate surface area is 141 Å². The SMILES string of the molecule is COc1cc(CN2CCC(Cc3ccc(C(=O)O)cc3)C2)ccn1. The molecule has 1 N–H and O–H groups in total. The lowest BCUT2D eigenvalue weighted by molar-refractivity contribution is 0.0697. The average Bonchev–Trinajstić information content (AvgIpc) is 3.02. The van der Waals surface area contributed by atoms with Gasteiger partial charge in [-0.3, -0.25) is 4.90 Å². The maximum atomic E-state index is 10.9. The van der Waals surface area contributed by atoms with Crippen molar-refractivity contribution in [2.75, 3.05) is 20.2 Å². The molecule has 0 bridgehead atoms. The van der Waals surface area contributed by atoms with Gasteiger partial charge in [0.2, 0.25) is 5.88 Å². The van der Waals surface area contributed by atoms with E-state index in [4.69, 9.17) is 9.84 Å². The topological polar surface area (TPSA) is 62.7 Å². The number of rotatable bonds is 6. The molecule has 0 aliphatic carbocycles. The number of aromatic carboxylic acids is 1. The molecule has 0 saturated carbocycles. The Morgan fingerprint density at radius 3 is 2.79 bits per heavy atom. The van der Waals surface area contributed by atoms with E-state index in [1.165, 1.54) is 17.5 Å². The Bertz CT molecular complexity index is 700. The maximum absolute atomic E-state index is 10.9. The number of likely N-dealkylation sites (tertiary alicyclic amines) is 1. The van der Waals surface area contributed by atoms with E-state index in [9.17, 15) is 4.79 Å². The summed E-state index contributed by atoms with van der Waals surface area (Å²) in [5, 5.41) is 8.95. The molecule has 1 atom stereocenters. The van der Waals surface area contributed by atoms with Crippen molar-refractivity contribution in [1.29, 1.82) is 0 Å². The Morgan fingerprint density at radius 1 is 1.29 bits per heavy atom. The van der Waals surface area contributed by atoms with Gasteiger partial charge in [0.15, 0.2) is 0 Å². The normalized spacial score (nSPS) is 17.8. The summed E-state index contributed by atoms with van der Waals surface area (Å²) < 4.78 is 5.17. The lowest BCUT2D eigenvalue weighted by Gasteiger charge is -2.16. The molecule has 2 aromatic rings. The van der Waals surface area contributed by atoms with E-state index in [0.717, 1.165) is 26.1 Å². The summed E-state index contributed by atoms with van der Waals surface area (Å²) in [6.07, 6.45) is 3.95. The van der Waals surface area contributed by atoms with Crippen LogP contribution in [0.4, 0.5) is 0 Å². The second-order valence-electron chi connectivity index (χ2n) is 6.30. The molecule has 0 radical (unpaired) electrons. The third kappa shape index (κ3) is 4.11. The number of nitrogens with zero attached hydrogens (tertiary/aromatic N) is 2. The highest BCUT2D eigenvalue weighted by atomic mass is 16.5. The van der Waals surface area contributed by atoms with E-state index in [1.54, 1.807) is 25.4 Å². The fourth-order valence-electron chi connectivity index (χ4n) is 3.26. The molecule has 0 amide bonds. The van der Waals surface area contributed by atoms with Crippen LogP contribution in [0.2, 0.25) is 0 Å². The minimum absolute atomic E-state index is 0.346. The molecule has 1 fully saturated rings.